The van der Waals surface area contributed by atoms with Gasteiger partial charge >= 0.3 is 0 Å². The van der Waals surface area contributed by atoms with E-state index in [1.165, 1.54) is 0 Å². The van der Waals surface area contributed by atoms with E-state index in [2.05, 4.69) is 5.32 Å². The summed E-state index contributed by atoms with van der Waals surface area (Å²) in [5.41, 5.74) is 3.84. The predicted molar refractivity (Wildman–Crippen MR) is 169 cm³/mol. The molecule has 3 aromatic carbocycles. The standard InChI is InChI=1S/C33H40ClN3O4S/c1-24-14-16-27(17-15-24)22-36(32(38)23-37(42(3,40)41)30-19-18-28(34)20-25(30)2)31(21-26-10-6-4-7-11-26)33(39)35-29-12-8-5-9-13-29/h4,6-7,10-11,14-20,29,31H,5,8-9,12-13,21-23H2,1-3H3,(H,35,39)/t31-/m1/s1. The number of halogens is 1. The van der Waals surface area contributed by atoms with Gasteiger partial charge in [-0.25, -0.2) is 8.42 Å². The van der Waals surface area contributed by atoms with Crippen molar-refractivity contribution < 1.29 is 18.0 Å². The number of aryl methyl sites for hydroxylation is 2. The number of carbonyl (C=O) groups is 2. The first-order valence-electron chi connectivity index (χ1n) is 14.4. The van der Waals surface area contributed by atoms with Crippen LogP contribution in [0.2, 0.25) is 5.02 Å². The van der Waals surface area contributed by atoms with Crippen molar-refractivity contribution in [1.29, 1.82) is 0 Å². The highest BCUT2D eigenvalue weighted by Crippen LogP contribution is 2.27. The second-order valence-corrected chi connectivity index (χ2v) is 13.6. The van der Waals surface area contributed by atoms with Crippen molar-refractivity contribution in [2.75, 3.05) is 17.1 Å². The van der Waals surface area contributed by atoms with Crippen molar-refractivity contribution in [3.63, 3.8) is 0 Å². The van der Waals surface area contributed by atoms with E-state index in [0.29, 0.717) is 22.7 Å². The Hall–Kier alpha value is -3.36. The summed E-state index contributed by atoms with van der Waals surface area (Å²) in [6.07, 6.45) is 6.48. The van der Waals surface area contributed by atoms with Crippen molar-refractivity contribution in [1.82, 2.24) is 10.2 Å². The highest BCUT2D eigenvalue weighted by molar-refractivity contribution is 7.92. The first kappa shape index (κ1) is 31.6. The van der Waals surface area contributed by atoms with Gasteiger partial charge in [0.15, 0.2) is 0 Å². The zero-order valence-electron chi connectivity index (χ0n) is 24.6. The molecule has 0 radical (unpaired) electrons. The molecule has 0 saturated heterocycles. The Morgan fingerprint density at radius 1 is 0.929 bits per heavy atom. The molecule has 1 N–H and O–H groups in total. The van der Waals surface area contributed by atoms with Crippen LogP contribution in [0.4, 0.5) is 5.69 Å². The Labute approximate surface area is 254 Å². The number of sulfonamides is 1. The minimum atomic E-state index is -3.85. The quantitative estimate of drug-likeness (QED) is 0.297. The third-order valence-corrected chi connectivity index (χ3v) is 9.16. The number of nitrogens with zero attached hydrogens (tertiary/aromatic N) is 2. The molecule has 1 fully saturated rings. The average Bonchev–Trinajstić information content (AvgIpc) is 2.95. The Balaban J connectivity index is 1.73. The minimum Gasteiger partial charge on any atom is -0.352 e. The fourth-order valence-electron chi connectivity index (χ4n) is 5.48. The molecule has 0 aliphatic heterocycles. The molecule has 4 rings (SSSR count). The van der Waals surface area contributed by atoms with Crippen LogP contribution in [0.3, 0.4) is 0 Å². The smallest absolute Gasteiger partial charge is 0.244 e. The summed E-state index contributed by atoms with van der Waals surface area (Å²) in [6.45, 7) is 3.45. The Kier molecular flexibility index (Phi) is 10.7. The van der Waals surface area contributed by atoms with Gasteiger partial charge in [0.05, 0.1) is 11.9 Å². The topological polar surface area (TPSA) is 86.8 Å². The lowest BCUT2D eigenvalue weighted by molar-refractivity contribution is -0.140. The fraction of sp³-hybridized carbons (Fsp3) is 0.394. The Bertz CT molecular complexity index is 1470. The summed E-state index contributed by atoms with van der Waals surface area (Å²) in [5, 5.41) is 3.69. The highest BCUT2D eigenvalue weighted by atomic mass is 35.5. The van der Waals surface area contributed by atoms with Crippen molar-refractivity contribution in [3.05, 3.63) is 100 Å². The van der Waals surface area contributed by atoms with Gasteiger partial charge in [0.1, 0.15) is 12.6 Å². The minimum absolute atomic E-state index is 0.0603. The molecule has 2 amide bonds. The number of nitrogens with one attached hydrogen (secondary N) is 1. The summed E-state index contributed by atoms with van der Waals surface area (Å²) < 4.78 is 27.1. The molecule has 9 heteroatoms. The van der Waals surface area contributed by atoms with E-state index in [1.54, 1.807) is 30.0 Å². The van der Waals surface area contributed by atoms with E-state index in [-0.39, 0.29) is 18.5 Å². The van der Waals surface area contributed by atoms with Crippen molar-refractivity contribution in [2.24, 2.45) is 0 Å². The second-order valence-electron chi connectivity index (χ2n) is 11.3. The zero-order valence-corrected chi connectivity index (χ0v) is 26.1. The van der Waals surface area contributed by atoms with Gasteiger partial charge < -0.3 is 10.2 Å². The zero-order chi connectivity index (χ0) is 30.3. The fourth-order valence-corrected chi connectivity index (χ4v) is 6.62. The third kappa shape index (κ3) is 8.58. The number of anilines is 1. The van der Waals surface area contributed by atoms with E-state index in [9.17, 15) is 18.0 Å². The normalized spacial score (nSPS) is 14.7. The van der Waals surface area contributed by atoms with E-state index >= 15 is 0 Å². The predicted octanol–water partition coefficient (Wildman–Crippen LogP) is 5.81. The summed E-state index contributed by atoms with van der Waals surface area (Å²) in [6, 6.07) is 21.5. The monoisotopic (exact) mass is 609 g/mol. The van der Waals surface area contributed by atoms with Crippen molar-refractivity contribution in [2.45, 2.75) is 71.0 Å². The molecule has 0 aromatic heterocycles. The van der Waals surface area contributed by atoms with Crippen LogP contribution in [0.1, 0.15) is 54.4 Å². The largest absolute Gasteiger partial charge is 0.352 e. The lowest BCUT2D eigenvalue weighted by atomic mass is 9.94. The molecule has 1 aliphatic carbocycles. The molecule has 1 aliphatic rings. The van der Waals surface area contributed by atoms with Gasteiger partial charge in [-0.05, 0) is 61.6 Å². The summed E-state index contributed by atoms with van der Waals surface area (Å²) in [5.74, 6) is -0.685. The molecule has 0 spiro atoms. The van der Waals surface area contributed by atoms with Crippen LogP contribution in [0.5, 0.6) is 0 Å². The molecule has 224 valence electrons. The van der Waals surface area contributed by atoms with Gasteiger partial charge in [0, 0.05) is 24.0 Å². The molecule has 3 aromatic rings. The molecular formula is C33H40ClN3O4S. The van der Waals surface area contributed by atoms with Gasteiger partial charge in [0.25, 0.3) is 0 Å². The van der Waals surface area contributed by atoms with Gasteiger partial charge in [-0.1, -0.05) is 91.0 Å². The van der Waals surface area contributed by atoms with Gasteiger partial charge in [0.2, 0.25) is 21.8 Å². The summed E-state index contributed by atoms with van der Waals surface area (Å²) in [7, 11) is -3.85. The molecule has 1 atom stereocenters. The van der Waals surface area contributed by atoms with E-state index in [4.69, 9.17) is 11.6 Å². The average molecular weight is 610 g/mol. The number of rotatable bonds is 11. The van der Waals surface area contributed by atoms with E-state index in [1.807, 2.05) is 61.5 Å². The maximum atomic E-state index is 14.3. The van der Waals surface area contributed by atoms with Gasteiger partial charge in [-0.3, -0.25) is 13.9 Å². The summed E-state index contributed by atoms with van der Waals surface area (Å²) in [4.78, 5) is 29.8. The number of benzene rings is 3. The maximum absolute atomic E-state index is 14.3. The molecular weight excluding hydrogens is 570 g/mol. The Morgan fingerprint density at radius 2 is 1.60 bits per heavy atom. The summed E-state index contributed by atoms with van der Waals surface area (Å²) >= 11 is 6.14. The van der Waals surface area contributed by atoms with Crippen LogP contribution < -0.4 is 9.62 Å². The number of hydrogen-bond donors (Lipinski definition) is 1. The van der Waals surface area contributed by atoms with Crippen molar-refractivity contribution in [3.8, 4) is 0 Å². The van der Waals surface area contributed by atoms with Gasteiger partial charge in [-0.2, -0.15) is 0 Å². The number of carbonyl (C=O) groups excluding carboxylic acids is 2. The molecule has 42 heavy (non-hydrogen) atoms. The molecule has 7 nitrogen and oxygen atoms in total. The first-order chi connectivity index (χ1) is 20.0. The van der Waals surface area contributed by atoms with Crippen molar-refractivity contribution >= 4 is 39.1 Å². The second kappa shape index (κ2) is 14.2. The first-order valence-corrected chi connectivity index (χ1v) is 16.7. The SMILES string of the molecule is Cc1ccc(CN(C(=O)CN(c2ccc(Cl)cc2C)S(C)(=O)=O)[C@H](Cc2ccccc2)C(=O)NC2CCCCC2)cc1. The van der Waals surface area contributed by atoms with Crippen LogP contribution >= 0.6 is 11.6 Å². The lowest BCUT2D eigenvalue weighted by Crippen LogP contribution is -2.55. The van der Waals surface area contributed by atoms with Crippen LogP contribution in [0.15, 0.2) is 72.8 Å². The van der Waals surface area contributed by atoms with E-state index < -0.39 is 28.5 Å². The Morgan fingerprint density at radius 3 is 2.21 bits per heavy atom. The molecule has 1 saturated carbocycles. The van der Waals surface area contributed by atoms with Gasteiger partial charge in [-0.15, -0.1) is 0 Å². The van der Waals surface area contributed by atoms with E-state index in [0.717, 1.165) is 59.4 Å². The van der Waals surface area contributed by atoms with Crippen LogP contribution in [0.25, 0.3) is 0 Å². The lowest BCUT2D eigenvalue weighted by Gasteiger charge is -2.35. The number of hydrogen-bond acceptors (Lipinski definition) is 4. The molecule has 0 bridgehead atoms. The number of amides is 2. The maximum Gasteiger partial charge on any atom is 0.244 e. The third-order valence-electron chi connectivity index (χ3n) is 7.80. The van der Waals surface area contributed by atoms with Crippen LogP contribution in [-0.4, -0.2) is 50.0 Å². The molecule has 0 unspecified atom stereocenters. The van der Waals surface area contributed by atoms with Crippen LogP contribution in [-0.2, 0) is 32.6 Å². The molecule has 0 heterocycles. The highest BCUT2D eigenvalue weighted by Gasteiger charge is 2.34. The van der Waals surface area contributed by atoms with Crippen LogP contribution in [0, 0.1) is 13.8 Å².